The Hall–Kier alpha value is -3.40. The van der Waals surface area contributed by atoms with Crippen LogP contribution in [0.2, 0.25) is 0 Å². The Kier molecular flexibility index (Phi) is 3.97. The molecule has 4 aromatic rings. The van der Waals surface area contributed by atoms with E-state index in [4.69, 9.17) is 10.00 Å². The van der Waals surface area contributed by atoms with Crippen molar-refractivity contribution >= 4 is 16.8 Å². The molecule has 140 valence electrons. The van der Waals surface area contributed by atoms with Gasteiger partial charge < -0.3 is 9.72 Å². The third-order valence-electron chi connectivity index (χ3n) is 5.76. The van der Waals surface area contributed by atoms with Crippen molar-refractivity contribution in [1.29, 1.82) is 5.26 Å². The molecule has 28 heavy (non-hydrogen) atoms. The van der Waals surface area contributed by atoms with Gasteiger partial charge in [0.2, 0.25) is 0 Å². The first-order valence-electron chi connectivity index (χ1n) is 9.60. The topological polar surface area (TPSA) is 91.9 Å². The number of fused-ring (bicyclic) bond motifs is 3. The lowest BCUT2D eigenvalue weighted by molar-refractivity contribution is 0.203. The molecule has 0 bridgehead atoms. The van der Waals surface area contributed by atoms with Gasteiger partial charge in [-0.3, -0.25) is 4.40 Å². The normalized spacial score (nSPS) is 21.9. The van der Waals surface area contributed by atoms with Crippen LogP contribution in [0.15, 0.2) is 42.7 Å². The fraction of sp³-hybridized carbons (Fsp3) is 0.333. The summed E-state index contributed by atoms with van der Waals surface area (Å²) in [4.78, 5) is 7.57. The lowest BCUT2D eigenvalue weighted by atomic mass is 9.93. The highest BCUT2D eigenvalue weighted by Gasteiger charge is 2.38. The van der Waals surface area contributed by atoms with Crippen LogP contribution in [0, 0.1) is 17.2 Å². The summed E-state index contributed by atoms with van der Waals surface area (Å²) >= 11 is 0. The van der Waals surface area contributed by atoms with E-state index in [1.54, 1.807) is 18.3 Å². The van der Waals surface area contributed by atoms with Gasteiger partial charge in [-0.15, -0.1) is 10.2 Å². The second-order valence-electron chi connectivity index (χ2n) is 7.34. The monoisotopic (exact) mass is 372 g/mol. The number of aromatic amines is 1. The van der Waals surface area contributed by atoms with Gasteiger partial charge in [0.1, 0.15) is 11.6 Å². The molecule has 0 radical (unpaired) electrons. The predicted molar refractivity (Wildman–Crippen MR) is 104 cm³/mol. The summed E-state index contributed by atoms with van der Waals surface area (Å²) in [5.41, 5.74) is 3.25. The minimum atomic E-state index is 0.124. The SMILES string of the molecule is CC[C@@H]1C[C@@H](Oc2ccc(C#N)cc2)C[C@@H]1c1nnc2cnc3[nH]ccc3n12. The number of nitrogens with zero attached hydrogens (tertiary/aromatic N) is 5. The highest BCUT2D eigenvalue weighted by Crippen LogP contribution is 2.42. The molecule has 3 atom stereocenters. The Morgan fingerprint density at radius 3 is 2.86 bits per heavy atom. The van der Waals surface area contributed by atoms with E-state index in [9.17, 15) is 0 Å². The molecule has 3 heterocycles. The van der Waals surface area contributed by atoms with Crippen LogP contribution < -0.4 is 4.74 Å². The van der Waals surface area contributed by atoms with Gasteiger partial charge in [0.25, 0.3) is 0 Å². The quantitative estimate of drug-likeness (QED) is 0.588. The minimum absolute atomic E-state index is 0.124. The average molecular weight is 372 g/mol. The third-order valence-corrected chi connectivity index (χ3v) is 5.76. The van der Waals surface area contributed by atoms with Gasteiger partial charge in [0, 0.05) is 12.1 Å². The standard InChI is InChI=1S/C21H20N6O/c1-2-14-9-16(28-15-5-3-13(11-22)4-6-15)10-17(14)21-26-25-19-12-24-20-18(27(19)21)7-8-23-20/h3-8,12,14,16-17,23H,2,9-10H2,1H3/t14-,16-,17+/m1/s1. The van der Waals surface area contributed by atoms with Crippen molar-refractivity contribution in [2.45, 2.75) is 38.2 Å². The molecular weight excluding hydrogens is 352 g/mol. The van der Waals surface area contributed by atoms with Crippen molar-refractivity contribution in [3.8, 4) is 11.8 Å². The van der Waals surface area contributed by atoms with E-state index in [2.05, 4.69) is 37.6 Å². The van der Waals surface area contributed by atoms with Gasteiger partial charge in [-0.2, -0.15) is 5.26 Å². The van der Waals surface area contributed by atoms with E-state index in [0.29, 0.717) is 11.5 Å². The molecule has 1 aliphatic rings. The van der Waals surface area contributed by atoms with E-state index < -0.39 is 0 Å². The number of benzene rings is 1. The molecule has 0 unspecified atom stereocenters. The van der Waals surface area contributed by atoms with E-state index in [-0.39, 0.29) is 12.0 Å². The molecule has 1 aromatic carbocycles. The van der Waals surface area contributed by atoms with Gasteiger partial charge in [-0.05, 0) is 49.1 Å². The number of H-pyrrole nitrogens is 1. The molecule has 0 spiro atoms. The first-order chi connectivity index (χ1) is 13.8. The lowest BCUT2D eigenvalue weighted by Crippen LogP contribution is -2.12. The van der Waals surface area contributed by atoms with Gasteiger partial charge in [0.05, 0.1) is 29.5 Å². The van der Waals surface area contributed by atoms with Crippen molar-refractivity contribution in [2.75, 3.05) is 0 Å². The average Bonchev–Trinajstić information content (AvgIpc) is 3.45. The zero-order chi connectivity index (χ0) is 19.1. The number of nitriles is 1. The molecule has 3 aromatic heterocycles. The summed E-state index contributed by atoms with van der Waals surface area (Å²) < 4.78 is 8.36. The smallest absolute Gasteiger partial charge is 0.179 e. The summed E-state index contributed by atoms with van der Waals surface area (Å²) in [5, 5.41) is 17.8. The number of hydrogen-bond donors (Lipinski definition) is 1. The van der Waals surface area contributed by atoms with E-state index in [1.165, 1.54) is 0 Å². The molecule has 0 saturated heterocycles. The maximum Gasteiger partial charge on any atom is 0.179 e. The molecule has 7 nitrogen and oxygen atoms in total. The first kappa shape index (κ1) is 16.8. The van der Waals surface area contributed by atoms with E-state index in [1.807, 2.05) is 24.4 Å². The third kappa shape index (κ3) is 2.69. The zero-order valence-electron chi connectivity index (χ0n) is 15.5. The fourth-order valence-electron chi connectivity index (χ4n) is 4.38. The summed E-state index contributed by atoms with van der Waals surface area (Å²) in [7, 11) is 0. The highest BCUT2D eigenvalue weighted by atomic mass is 16.5. The van der Waals surface area contributed by atoms with Crippen molar-refractivity contribution in [1.82, 2.24) is 24.6 Å². The number of rotatable bonds is 4. The second-order valence-corrected chi connectivity index (χ2v) is 7.34. The Morgan fingerprint density at radius 2 is 2.07 bits per heavy atom. The first-order valence-corrected chi connectivity index (χ1v) is 9.60. The maximum absolute atomic E-state index is 8.95. The molecular formula is C21H20N6O. The molecule has 0 amide bonds. The van der Waals surface area contributed by atoms with E-state index >= 15 is 0 Å². The number of aromatic nitrogens is 5. The minimum Gasteiger partial charge on any atom is -0.490 e. The van der Waals surface area contributed by atoms with E-state index in [0.717, 1.165) is 47.6 Å². The largest absolute Gasteiger partial charge is 0.490 e. The van der Waals surface area contributed by atoms with Crippen molar-refractivity contribution in [3.05, 3.63) is 54.1 Å². The molecule has 1 N–H and O–H groups in total. The molecule has 7 heteroatoms. The van der Waals surface area contributed by atoms with Gasteiger partial charge in [-0.1, -0.05) is 13.3 Å². The molecule has 5 rings (SSSR count). The van der Waals surface area contributed by atoms with Crippen LogP contribution in [0.3, 0.4) is 0 Å². The zero-order valence-corrected chi connectivity index (χ0v) is 15.5. The Bertz CT molecular complexity index is 1170. The Morgan fingerprint density at radius 1 is 1.21 bits per heavy atom. The number of ether oxygens (including phenoxy) is 1. The van der Waals surface area contributed by atoms with Crippen molar-refractivity contribution in [2.24, 2.45) is 5.92 Å². The lowest BCUT2D eigenvalue weighted by Gasteiger charge is -2.15. The highest BCUT2D eigenvalue weighted by molar-refractivity contribution is 5.74. The molecule has 0 aliphatic heterocycles. The number of hydrogen-bond acceptors (Lipinski definition) is 5. The van der Waals surface area contributed by atoms with Crippen LogP contribution >= 0.6 is 0 Å². The molecule has 1 fully saturated rings. The van der Waals surface area contributed by atoms with Crippen molar-refractivity contribution < 1.29 is 4.74 Å². The molecule has 1 aliphatic carbocycles. The van der Waals surface area contributed by atoms with Crippen LogP contribution in [0.5, 0.6) is 5.75 Å². The fourth-order valence-corrected chi connectivity index (χ4v) is 4.38. The van der Waals surface area contributed by atoms with Gasteiger partial charge in [-0.25, -0.2) is 4.98 Å². The Labute approximate surface area is 162 Å². The van der Waals surface area contributed by atoms with Gasteiger partial charge in [0.15, 0.2) is 11.3 Å². The van der Waals surface area contributed by atoms with Crippen LogP contribution in [0.1, 0.15) is 43.5 Å². The van der Waals surface area contributed by atoms with Crippen LogP contribution in [0.4, 0.5) is 0 Å². The van der Waals surface area contributed by atoms with Crippen LogP contribution in [-0.4, -0.2) is 30.7 Å². The summed E-state index contributed by atoms with van der Waals surface area (Å²) in [6.45, 7) is 2.22. The van der Waals surface area contributed by atoms with Crippen molar-refractivity contribution in [3.63, 3.8) is 0 Å². The molecule has 1 saturated carbocycles. The van der Waals surface area contributed by atoms with Crippen LogP contribution in [-0.2, 0) is 0 Å². The van der Waals surface area contributed by atoms with Crippen LogP contribution in [0.25, 0.3) is 16.8 Å². The summed E-state index contributed by atoms with van der Waals surface area (Å²) in [5.74, 6) is 2.56. The predicted octanol–water partition coefficient (Wildman–Crippen LogP) is 3.83. The summed E-state index contributed by atoms with van der Waals surface area (Å²) in [6, 6.07) is 11.5. The summed E-state index contributed by atoms with van der Waals surface area (Å²) in [6.07, 6.45) is 6.72. The van der Waals surface area contributed by atoms with Gasteiger partial charge >= 0.3 is 0 Å². The number of nitrogens with one attached hydrogen (secondary N) is 1. The second kappa shape index (κ2) is 6.64. The Balaban J connectivity index is 1.46. The maximum atomic E-state index is 8.95.